The summed E-state index contributed by atoms with van der Waals surface area (Å²) in [6.45, 7) is 5.00. The van der Waals surface area contributed by atoms with Crippen molar-refractivity contribution in [1.82, 2.24) is 25.1 Å². The Labute approximate surface area is 203 Å². The highest BCUT2D eigenvalue weighted by molar-refractivity contribution is 6.06. The number of aryl methyl sites for hydroxylation is 3. The standard InChI is InChI=1S/C22H24N6O.C2HF3O2/c1-12-16-10-19(17-5-4-8-23-17)25-18(16)11-21(24-12)26-22(29)14-6-7-15-13(2)27-28(3)20(15)9-14;3-2(4,5)1(6)7/h6-7,9-11,17,23,25H,4-5,8H2,1-3H3,(H,24,26,29);(H,6,7)/t17-;/m1./s1. The number of fused-ring (bicyclic) bond motifs is 2. The lowest BCUT2D eigenvalue weighted by Crippen LogP contribution is -2.21. The number of nitrogens with zero attached hydrogens (tertiary/aromatic N) is 3. The lowest BCUT2D eigenvalue weighted by molar-refractivity contribution is -0.192. The number of hydrogen-bond acceptors (Lipinski definition) is 5. The van der Waals surface area contributed by atoms with Gasteiger partial charge in [0, 0.05) is 46.9 Å². The number of benzene rings is 1. The van der Waals surface area contributed by atoms with Crippen LogP contribution in [0.5, 0.6) is 0 Å². The van der Waals surface area contributed by atoms with E-state index in [2.05, 4.69) is 31.8 Å². The Hall–Kier alpha value is -3.93. The van der Waals surface area contributed by atoms with E-state index in [1.54, 1.807) is 4.68 Å². The van der Waals surface area contributed by atoms with Crippen molar-refractivity contribution in [3.8, 4) is 0 Å². The fourth-order valence-corrected chi connectivity index (χ4v) is 4.28. The maximum Gasteiger partial charge on any atom is 0.490 e. The molecule has 0 saturated carbocycles. The summed E-state index contributed by atoms with van der Waals surface area (Å²) in [5, 5.41) is 20.2. The van der Waals surface area contributed by atoms with Gasteiger partial charge in [-0.2, -0.15) is 18.3 Å². The van der Waals surface area contributed by atoms with Crippen LogP contribution in [0, 0.1) is 13.8 Å². The molecule has 0 unspecified atom stereocenters. The molecule has 0 radical (unpaired) electrons. The molecule has 0 spiro atoms. The van der Waals surface area contributed by atoms with Gasteiger partial charge in [-0.05, 0) is 51.4 Å². The van der Waals surface area contributed by atoms with E-state index in [0.29, 0.717) is 17.4 Å². The molecule has 1 saturated heterocycles. The second-order valence-corrected chi connectivity index (χ2v) is 8.63. The number of hydrogen-bond donors (Lipinski definition) is 4. The zero-order chi connectivity index (χ0) is 26.2. The first kappa shape index (κ1) is 25.2. The van der Waals surface area contributed by atoms with Crippen LogP contribution in [0.4, 0.5) is 19.0 Å². The smallest absolute Gasteiger partial charge is 0.475 e. The lowest BCUT2D eigenvalue weighted by Gasteiger charge is -2.07. The second kappa shape index (κ2) is 9.61. The highest BCUT2D eigenvalue weighted by atomic mass is 19.4. The topological polar surface area (TPSA) is 125 Å². The minimum Gasteiger partial charge on any atom is -0.475 e. The van der Waals surface area contributed by atoms with Crippen molar-refractivity contribution in [3.05, 3.63) is 53.0 Å². The number of rotatable bonds is 3. The molecule has 4 aromatic rings. The second-order valence-electron chi connectivity index (χ2n) is 8.63. The number of carboxylic acid groups (broad SMARTS) is 1. The molecule has 1 aromatic carbocycles. The molecule has 0 aliphatic carbocycles. The summed E-state index contributed by atoms with van der Waals surface area (Å²) in [6, 6.07) is 10.1. The van der Waals surface area contributed by atoms with Crippen molar-refractivity contribution in [2.75, 3.05) is 11.9 Å². The molecule has 1 aliphatic heterocycles. The average molecular weight is 502 g/mol. The predicted molar refractivity (Wildman–Crippen MR) is 128 cm³/mol. The van der Waals surface area contributed by atoms with Gasteiger partial charge in [-0.15, -0.1) is 0 Å². The number of pyridine rings is 1. The van der Waals surface area contributed by atoms with Crippen LogP contribution in [0.25, 0.3) is 21.8 Å². The van der Waals surface area contributed by atoms with Gasteiger partial charge in [-0.1, -0.05) is 6.07 Å². The summed E-state index contributed by atoms with van der Waals surface area (Å²) in [5.74, 6) is -2.39. The van der Waals surface area contributed by atoms with Crippen molar-refractivity contribution in [2.45, 2.75) is 38.9 Å². The lowest BCUT2D eigenvalue weighted by atomic mass is 10.1. The molecule has 3 aromatic heterocycles. The van der Waals surface area contributed by atoms with Crippen LogP contribution >= 0.6 is 0 Å². The van der Waals surface area contributed by atoms with Gasteiger partial charge in [0.2, 0.25) is 0 Å². The largest absolute Gasteiger partial charge is 0.490 e. The zero-order valence-corrected chi connectivity index (χ0v) is 19.8. The monoisotopic (exact) mass is 502 g/mol. The molecule has 9 nitrogen and oxygen atoms in total. The van der Waals surface area contributed by atoms with E-state index in [1.807, 2.05) is 45.2 Å². The number of H-pyrrole nitrogens is 1. The number of halogens is 3. The number of amides is 1. The van der Waals surface area contributed by atoms with E-state index in [-0.39, 0.29) is 5.91 Å². The molecule has 4 N–H and O–H groups in total. The van der Waals surface area contributed by atoms with Crippen molar-refractivity contribution >= 4 is 39.5 Å². The van der Waals surface area contributed by atoms with E-state index in [4.69, 9.17) is 9.90 Å². The van der Waals surface area contributed by atoms with Gasteiger partial charge >= 0.3 is 12.1 Å². The summed E-state index contributed by atoms with van der Waals surface area (Å²) in [6.07, 6.45) is -2.75. The number of carbonyl (C=O) groups excluding carboxylic acids is 1. The summed E-state index contributed by atoms with van der Waals surface area (Å²) in [7, 11) is 1.89. The number of aromatic nitrogens is 4. The highest BCUT2D eigenvalue weighted by Crippen LogP contribution is 2.28. The maximum atomic E-state index is 12.8. The van der Waals surface area contributed by atoms with E-state index in [0.717, 1.165) is 46.2 Å². The van der Waals surface area contributed by atoms with Gasteiger partial charge in [0.25, 0.3) is 5.91 Å². The number of aliphatic carboxylic acids is 1. The first-order valence-electron chi connectivity index (χ1n) is 11.2. The molecule has 1 aliphatic rings. The van der Waals surface area contributed by atoms with Crippen molar-refractivity contribution < 1.29 is 27.9 Å². The van der Waals surface area contributed by atoms with Gasteiger partial charge in [-0.25, -0.2) is 9.78 Å². The molecular formula is C24H25F3N6O3. The predicted octanol–water partition coefficient (Wildman–Crippen LogP) is 4.38. The zero-order valence-electron chi connectivity index (χ0n) is 19.8. The van der Waals surface area contributed by atoms with Gasteiger partial charge in [-0.3, -0.25) is 9.48 Å². The van der Waals surface area contributed by atoms with Crippen LogP contribution in [-0.4, -0.2) is 49.5 Å². The Morgan fingerprint density at radius 3 is 2.50 bits per heavy atom. The van der Waals surface area contributed by atoms with Crippen LogP contribution in [0.3, 0.4) is 0 Å². The Bertz CT molecular complexity index is 1450. The summed E-state index contributed by atoms with van der Waals surface area (Å²) < 4.78 is 33.5. The minimum atomic E-state index is -5.08. The maximum absolute atomic E-state index is 12.8. The third-order valence-corrected chi connectivity index (χ3v) is 6.05. The molecule has 36 heavy (non-hydrogen) atoms. The van der Waals surface area contributed by atoms with Crippen molar-refractivity contribution in [3.63, 3.8) is 0 Å². The van der Waals surface area contributed by atoms with Crippen LogP contribution in [0.2, 0.25) is 0 Å². The number of nitrogens with one attached hydrogen (secondary N) is 3. The fourth-order valence-electron chi connectivity index (χ4n) is 4.28. The van der Waals surface area contributed by atoms with E-state index in [9.17, 15) is 18.0 Å². The average Bonchev–Trinajstić information content (AvgIpc) is 3.53. The van der Waals surface area contributed by atoms with E-state index in [1.165, 1.54) is 12.1 Å². The van der Waals surface area contributed by atoms with Crippen LogP contribution in [0.1, 0.15) is 46.3 Å². The van der Waals surface area contributed by atoms with Gasteiger partial charge in [0.1, 0.15) is 5.82 Å². The third-order valence-electron chi connectivity index (χ3n) is 6.05. The van der Waals surface area contributed by atoms with E-state index < -0.39 is 12.1 Å². The number of carbonyl (C=O) groups is 2. The molecule has 12 heteroatoms. The molecular weight excluding hydrogens is 477 g/mol. The Kier molecular flexibility index (Phi) is 6.72. The molecule has 1 amide bonds. The Morgan fingerprint density at radius 2 is 1.86 bits per heavy atom. The number of anilines is 1. The third kappa shape index (κ3) is 5.18. The van der Waals surface area contributed by atoms with Gasteiger partial charge < -0.3 is 20.7 Å². The number of alkyl halides is 3. The number of aromatic amines is 1. The van der Waals surface area contributed by atoms with Crippen LogP contribution < -0.4 is 10.6 Å². The van der Waals surface area contributed by atoms with Crippen molar-refractivity contribution in [2.24, 2.45) is 7.05 Å². The molecule has 5 rings (SSSR count). The van der Waals surface area contributed by atoms with Gasteiger partial charge in [0.15, 0.2) is 0 Å². The Balaban J connectivity index is 0.000000384. The quantitative estimate of drug-likeness (QED) is 0.330. The minimum absolute atomic E-state index is 0.179. The molecule has 190 valence electrons. The summed E-state index contributed by atoms with van der Waals surface area (Å²) in [5.41, 5.74) is 5.56. The van der Waals surface area contributed by atoms with Gasteiger partial charge in [0.05, 0.1) is 16.7 Å². The summed E-state index contributed by atoms with van der Waals surface area (Å²) in [4.78, 5) is 29.8. The summed E-state index contributed by atoms with van der Waals surface area (Å²) >= 11 is 0. The molecule has 1 fully saturated rings. The SMILES string of the molecule is Cc1nc(NC(=O)c2ccc3c(C)nn(C)c3c2)cc2[nH]c([C@H]3CCCN3)cc12.O=C(O)C(F)(F)F. The van der Waals surface area contributed by atoms with E-state index >= 15 is 0 Å². The Morgan fingerprint density at radius 1 is 1.14 bits per heavy atom. The molecule has 0 bridgehead atoms. The number of carboxylic acids is 1. The molecule has 1 atom stereocenters. The fraction of sp³-hybridized carbons (Fsp3) is 0.333. The highest BCUT2D eigenvalue weighted by Gasteiger charge is 2.38. The van der Waals surface area contributed by atoms with Crippen LogP contribution in [0.15, 0.2) is 30.3 Å². The first-order chi connectivity index (χ1) is 16.9. The normalized spacial score (nSPS) is 15.7. The van der Waals surface area contributed by atoms with Crippen molar-refractivity contribution in [1.29, 1.82) is 0 Å². The first-order valence-corrected chi connectivity index (χ1v) is 11.2. The molecule has 4 heterocycles. The van der Waals surface area contributed by atoms with Crippen LogP contribution in [-0.2, 0) is 11.8 Å².